The third-order valence-electron chi connectivity index (χ3n) is 0.823. The fourth-order valence-electron chi connectivity index (χ4n) is 0.455. The highest BCUT2D eigenvalue weighted by atomic mass is 31.2. The maximum Gasteiger partial charge on any atom is 0.355 e. The summed E-state index contributed by atoms with van der Waals surface area (Å²) in [6, 6.07) is 0. The van der Waals surface area contributed by atoms with E-state index in [9.17, 15) is 4.57 Å². The van der Waals surface area contributed by atoms with Crippen LogP contribution in [-0.4, -0.2) is 24.7 Å². The molecule has 0 aromatic heterocycles. The average molecular weight is 168 g/mol. The fraction of sp³-hybridized carbons (Fsp3) is 1.00. The smallest absolute Gasteiger partial charge is 0.355 e. The lowest BCUT2D eigenvalue weighted by atomic mass is 10.5. The van der Waals surface area contributed by atoms with E-state index in [0.29, 0.717) is 0 Å². The molecule has 0 aliphatic heterocycles. The number of rotatable bonds is 4. The Kier molecular flexibility index (Phi) is 4.13. The Labute approximate surface area is 60.7 Å². The van der Waals surface area contributed by atoms with Gasteiger partial charge in [-0.3, -0.25) is 4.57 Å². The fourth-order valence-corrected chi connectivity index (χ4v) is 1.37. The lowest BCUT2D eigenvalue weighted by molar-refractivity contribution is 0.166. The molecule has 4 nitrogen and oxygen atoms in total. The average Bonchev–Trinajstić information content (AvgIpc) is 1.87. The van der Waals surface area contributed by atoms with Crippen molar-refractivity contribution >= 4 is 7.60 Å². The zero-order chi connectivity index (χ0) is 8.20. The summed E-state index contributed by atoms with van der Waals surface area (Å²) in [7, 11) is -1.93. The molecule has 0 aromatic carbocycles. The second-order valence-corrected chi connectivity index (χ2v) is 4.17. The first kappa shape index (κ1) is 10.1. The summed E-state index contributed by atoms with van der Waals surface area (Å²) in [4.78, 5) is 0. The van der Waals surface area contributed by atoms with Gasteiger partial charge in [-0.2, -0.15) is 0 Å². The van der Waals surface area contributed by atoms with Crippen LogP contribution in [0.1, 0.15) is 13.8 Å². The van der Waals surface area contributed by atoms with E-state index in [1.165, 1.54) is 7.11 Å². The van der Waals surface area contributed by atoms with Crippen LogP contribution < -0.4 is 0 Å². The second-order valence-electron chi connectivity index (χ2n) is 2.09. The monoisotopic (exact) mass is 168 g/mol. The van der Waals surface area contributed by atoms with Crippen molar-refractivity contribution in [1.82, 2.24) is 0 Å². The Balaban J connectivity index is 3.94. The summed E-state index contributed by atoms with van der Waals surface area (Å²) >= 11 is 0. The molecule has 1 unspecified atom stereocenters. The second kappa shape index (κ2) is 4.09. The highest BCUT2D eigenvalue weighted by Gasteiger charge is 2.22. The van der Waals surface area contributed by atoms with E-state index in [1.54, 1.807) is 13.8 Å². The van der Waals surface area contributed by atoms with E-state index in [1.807, 2.05) is 0 Å². The van der Waals surface area contributed by atoms with Gasteiger partial charge in [-0.25, -0.2) is 0 Å². The molecule has 0 aliphatic rings. The summed E-state index contributed by atoms with van der Waals surface area (Å²) in [5.74, 6) is 0. The van der Waals surface area contributed by atoms with Crippen LogP contribution in [-0.2, 0) is 13.6 Å². The van der Waals surface area contributed by atoms with Crippen LogP contribution in [0.2, 0.25) is 0 Å². The molecule has 0 radical (unpaired) electrons. The van der Waals surface area contributed by atoms with Gasteiger partial charge in [-0.15, -0.1) is 0 Å². The molecule has 62 valence electrons. The molecule has 0 aromatic rings. The standard InChI is InChI=1S/C5H13O4P/c1-5(2)9-10(7,4-6)8-3/h5-6H,4H2,1-3H3. The first-order chi connectivity index (χ1) is 4.54. The van der Waals surface area contributed by atoms with Gasteiger partial charge in [0.2, 0.25) is 0 Å². The van der Waals surface area contributed by atoms with Crippen LogP contribution in [0, 0.1) is 0 Å². The van der Waals surface area contributed by atoms with Crippen molar-refractivity contribution in [3.63, 3.8) is 0 Å². The third kappa shape index (κ3) is 3.32. The first-order valence-corrected chi connectivity index (χ1v) is 4.71. The molecule has 0 heterocycles. The summed E-state index contributed by atoms with van der Waals surface area (Å²) < 4.78 is 20.4. The largest absolute Gasteiger partial charge is 0.384 e. The number of aliphatic hydroxyl groups excluding tert-OH is 1. The van der Waals surface area contributed by atoms with Crippen molar-refractivity contribution in [2.75, 3.05) is 13.5 Å². The normalized spacial score (nSPS) is 17.3. The summed E-state index contributed by atoms with van der Waals surface area (Å²) in [5, 5.41) is 8.52. The van der Waals surface area contributed by atoms with Gasteiger partial charge < -0.3 is 14.2 Å². The molecular weight excluding hydrogens is 155 g/mol. The van der Waals surface area contributed by atoms with E-state index < -0.39 is 13.9 Å². The lowest BCUT2D eigenvalue weighted by Crippen LogP contribution is -2.04. The zero-order valence-electron chi connectivity index (χ0n) is 6.40. The summed E-state index contributed by atoms with van der Waals surface area (Å²) in [6.07, 6.45) is -0.764. The molecule has 0 aliphatic carbocycles. The van der Waals surface area contributed by atoms with Crippen LogP contribution in [0.3, 0.4) is 0 Å². The van der Waals surface area contributed by atoms with Gasteiger partial charge in [-0.05, 0) is 13.8 Å². The van der Waals surface area contributed by atoms with Crippen LogP contribution >= 0.6 is 7.60 Å². The van der Waals surface area contributed by atoms with Crippen LogP contribution in [0.5, 0.6) is 0 Å². The summed E-state index contributed by atoms with van der Waals surface area (Å²) in [6.45, 7) is 3.45. The predicted octanol–water partition coefficient (Wildman–Crippen LogP) is 1.20. The summed E-state index contributed by atoms with van der Waals surface area (Å²) in [5.41, 5.74) is 0. The van der Waals surface area contributed by atoms with Gasteiger partial charge in [0.05, 0.1) is 6.10 Å². The van der Waals surface area contributed by atoms with E-state index in [-0.39, 0.29) is 6.10 Å². The highest BCUT2D eigenvalue weighted by molar-refractivity contribution is 7.53. The highest BCUT2D eigenvalue weighted by Crippen LogP contribution is 2.46. The quantitative estimate of drug-likeness (QED) is 0.641. The van der Waals surface area contributed by atoms with Crippen molar-refractivity contribution in [3.8, 4) is 0 Å². The van der Waals surface area contributed by atoms with E-state index in [2.05, 4.69) is 4.52 Å². The molecule has 0 saturated carbocycles. The minimum Gasteiger partial charge on any atom is -0.384 e. The minimum absolute atomic E-state index is 0.196. The van der Waals surface area contributed by atoms with Gasteiger partial charge in [0, 0.05) is 7.11 Å². The molecule has 0 spiro atoms. The van der Waals surface area contributed by atoms with Crippen LogP contribution in [0.15, 0.2) is 0 Å². The maximum atomic E-state index is 11.1. The van der Waals surface area contributed by atoms with E-state index in [0.717, 1.165) is 0 Å². The van der Waals surface area contributed by atoms with Gasteiger partial charge in [0.25, 0.3) is 0 Å². The Morgan fingerprint density at radius 1 is 1.60 bits per heavy atom. The molecule has 0 saturated heterocycles. The molecule has 0 amide bonds. The predicted molar refractivity (Wildman–Crippen MR) is 37.9 cm³/mol. The molecule has 10 heavy (non-hydrogen) atoms. The molecule has 1 N–H and O–H groups in total. The molecule has 0 bridgehead atoms. The van der Waals surface area contributed by atoms with Crippen molar-refractivity contribution in [3.05, 3.63) is 0 Å². The molecule has 0 fully saturated rings. The van der Waals surface area contributed by atoms with Gasteiger partial charge in [0.1, 0.15) is 6.35 Å². The van der Waals surface area contributed by atoms with Crippen molar-refractivity contribution in [2.45, 2.75) is 20.0 Å². The number of hydrogen-bond donors (Lipinski definition) is 1. The Bertz CT molecular complexity index is 126. The molecular formula is C5H13O4P. The topological polar surface area (TPSA) is 55.8 Å². The van der Waals surface area contributed by atoms with Crippen LogP contribution in [0.4, 0.5) is 0 Å². The lowest BCUT2D eigenvalue weighted by Gasteiger charge is -2.15. The van der Waals surface area contributed by atoms with Gasteiger partial charge >= 0.3 is 7.60 Å². The van der Waals surface area contributed by atoms with E-state index >= 15 is 0 Å². The SMILES string of the molecule is COP(=O)(CO)OC(C)C. The molecule has 5 heteroatoms. The van der Waals surface area contributed by atoms with Crippen molar-refractivity contribution < 1.29 is 18.7 Å². The Hall–Kier alpha value is 0.110. The van der Waals surface area contributed by atoms with Gasteiger partial charge in [-0.1, -0.05) is 0 Å². The number of aliphatic hydroxyl groups is 1. The minimum atomic E-state index is -3.18. The number of hydrogen-bond acceptors (Lipinski definition) is 4. The molecule has 1 atom stereocenters. The Morgan fingerprint density at radius 3 is 2.20 bits per heavy atom. The zero-order valence-corrected chi connectivity index (χ0v) is 7.30. The van der Waals surface area contributed by atoms with Crippen molar-refractivity contribution in [1.29, 1.82) is 0 Å². The van der Waals surface area contributed by atoms with Crippen molar-refractivity contribution in [2.24, 2.45) is 0 Å². The van der Waals surface area contributed by atoms with E-state index in [4.69, 9.17) is 9.63 Å². The third-order valence-corrected chi connectivity index (χ3v) is 2.47. The van der Waals surface area contributed by atoms with Gasteiger partial charge in [0.15, 0.2) is 0 Å². The molecule has 0 rings (SSSR count). The Morgan fingerprint density at radius 2 is 2.10 bits per heavy atom. The first-order valence-electron chi connectivity index (χ1n) is 2.98. The maximum absolute atomic E-state index is 11.1. The van der Waals surface area contributed by atoms with Crippen LogP contribution in [0.25, 0.3) is 0 Å².